The van der Waals surface area contributed by atoms with E-state index in [0.717, 1.165) is 38.5 Å². The highest BCUT2D eigenvalue weighted by atomic mass is 32.2. The van der Waals surface area contributed by atoms with Gasteiger partial charge in [-0.15, -0.1) is 0 Å². The summed E-state index contributed by atoms with van der Waals surface area (Å²) in [6.07, 6.45) is 34.6. The maximum absolute atomic E-state index is 14.1. The maximum atomic E-state index is 14.1. The number of esters is 2. The summed E-state index contributed by atoms with van der Waals surface area (Å²) in [7, 11) is 0. The zero-order valence-corrected chi connectivity index (χ0v) is 55.6. The van der Waals surface area contributed by atoms with Crippen LogP contribution >= 0.6 is 11.8 Å². The second-order valence-corrected chi connectivity index (χ2v) is 25.0. The van der Waals surface area contributed by atoms with Crippen molar-refractivity contribution in [3.05, 3.63) is 0 Å². The number of aliphatic hydroxyl groups is 1. The van der Waals surface area contributed by atoms with Gasteiger partial charge in [0.1, 0.15) is 42.9 Å². The number of amides is 5. The van der Waals surface area contributed by atoms with Gasteiger partial charge >= 0.3 is 17.9 Å². The average Bonchev–Trinajstić information content (AvgIpc) is 3.53. The first-order valence-corrected chi connectivity index (χ1v) is 35.6. The molecule has 0 saturated carbocycles. The molecule has 0 aliphatic rings. The molecule has 0 spiro atoms. The van der Waals surface area contributed by atoms with Crippen molar-refractivity contribution in [1.82, 2.24) is 26.6 Å². The van der Waals surface area contributed by atoms with Crippen LogP contribution in [-0.4, -0.2) is 151 Å². The molecule has 0 radical (unpaired) electrons. The fourth-order valence-electron chi connectivity index (χ4n) is 10.2. The van der Waals surface area contributed by atoms with Gasteiger partial charge in [-0.2, -0.15) is 11.8 Å². The molecule has 0 heterocycles. The third kappa shape index (κ3) is 46.9. The lowest BCUT2D eigenvalue weighted by Crippen LogP contribution is -2.59. The van der Waals surface area contributed by atoms with Crippen molar-refractivity contribution < 1.29 is 58.0 Å². The van der Waals surface area contributed by atoms with Crippen LogP contribution in [0, 0.1) is 0 Å². The Balaban J connectivity index is 5.81. The van der Waals surface area contributed by atoms with E-state index in [4.69, 9.17) is 38.1 Å². The molecule has 23 heteroatoms. The highest BCUT2D eigenvalue weighted by Crippen LogP contribution is 2.18. The first-order chi connectivity index (χ1) is 42.6. The number of hydrogen-bond donors (Lipinski definition) is 12. The smallest absolute Gasteiger partial charge is 0.326 e. The van der Waals surface area contributed by atoms with Gasteiger partial charge in [0.25, 0.3) is 0 Å². The summed E-state index contributed by atoms with van der Waals surface area (Å²) >= 11 is 1.20. The number of aliphatic hydroxyl groups excluding tert-OH is 1. The Morgan fingerprint density at radius 3 is 1.03 bits per heavy atom. The lowest BCUT2D eigenvalue weighted by molar-refractivity contribution is -0.157. The second kappa shape index (κ2) is 59.2. The third-order valence-corrected chi connectivity index (χ3v) is 17.0. The Labute approximate surface area is 534 Å². The molecule has 17 N–H and O–H groups in total. The number of nitrogens with one attached hydrogen (secondary N) is 5. The van der Waals surface area contributed by atoms with Gasteiger partial charge in [0.15, 0.2) is 0 Å². The molecule has 0 aromatic rings. The van der Waals surface area contributed by atoms with E-state index in [1.165, 1.54) is 127 Å². The molecule has 0 aliphatic heterocycles. The van der Waals surface area contributed by atoms with Crippen molar-refractivity contribution in [3.8, 4) is 0 Å². The number of aliphatic carboxylic acids is 1. The predicted molar refractivity (Wildman–Crippen MR) is 353 cm³/mol. The van der Waals surface area contributed by atoms with E-state index < -0.39 is 90.4 Å². The second-order valence-electron chi connectivity index (χ2n) is 23.9. The van der Waals surface area contributed by atoms with Crippen molar-refractivity contribution in [3.63, 3.8) is 0 Å². The Kier molecular flexibility index (Phi) is 56.4. The minimum absolute atomic E-state index is 0.00755. The van der Waals surface area contributed by atoms with Crippen LogP contribution in [0.2, 0.25) is 0 Å². The summed E-state index contributed by atoms with van der Waals surface area (Å²) in [4.78, 5) is 107. The molecule has 5 amide bonds. The van der Waals surface area contributed by atoms with Crippen molar-refractivity contribution in [1.29, 1.82) is 0 Å². The standard InChI is InChI=1S/C65H126N10O12S/c1-3-5-7-9-11-13-15-17-19-21-23-25-27-41-58(77)86-48-51(87-59(78)42-28-26-24-22-20-18-16-14-12-10-8-6-4-2)49-88-50-52(70)60(79)75-57(47-76)64(83)73-54(38-30-34-44-67)62(81)71-53(37-29-33-43-66)61(80)72-55(39-31-35-45-68)63(82)74-56(65(84)85)40-32-36-46-69/h51-57,76H,3-50,66-70H2,1-2H3,(H,71,81)(H,72,80)(H,73,83)(H,74,82)(H,75,79)(H,84,85)/t51?,52-,53+,54+,55+,56-,57+/m1/s1. The molecule has 0 bridgehead atoms. The minimum Gasteiger partial charge on any atom is -0.480 e. The predicted octanol–water partition coefficient (Wildman–Crippen LogP) is 7.48. The van der Waals surface area contributed by atoms with E-state index in [1.807, 2.05) is 0 Å². The van der Waals surface area contributed by atoms with Crippen LogP contribution in [-0.2, 0) is 47.8 Å². The quantitative estimate of drug-likeness (QED) is 0.0207. The Bertz CT molecular complexity index is 1810. The summed E-state index contributed by atoms with van der Waals surface area (Å²) in [5, 5.41) is 33.2. The summed E-state index contributed by atoms with van der Waals surface area (Å²) in [5.74, 6) is -5.71. The van der Waals surface area contributed by atoms with E-state index in [-0.39, 0.29) is 69.2 Å². The monoisotopic (exact) mass is 1270 g/mol. The molecule has 0 fully saturated rings. The molecule has 0 aromatic heterocycles. The molecule has 0 aromatic carbocycles. The van der Waals surface area contributed by atoms with Crippen LogP contribution in [0.3, 0.4) is 0 Å². The number of carboxylic acid groups (broad SMARTS) is 1. The van der Waals surface area contributed by atoms with E-state index in [1.54, 1.807) is 0 Å². The first kappa shape index (κ1) is 83.9. The number of thioether (sulfide) groups is 1. The van der Waals surface area contributed by atoms with Crippen molar-refractivity contribution in [2.45, 2.75) is 313 Å². The number of ether oxygens (including phenoxy) is 2. The van der Waals surface area contributed by atoms with Crippen LogP contribution < -0.4 is 55.3 Å². The summed E-state index contributed by atoms with van der Waals surface area (Å²) in [6, 6.07) is -7.60. The fourth-order valence-corrected chi connectivity index (χ4v) is 11.2. The summed E-state index contributed by atoms with van der Waals surface area (Å²) < 4.78 is 11.5. The van der Waals surface area contributed by atoms with Gasteiger partial charge in [-0.1, -0.05) is 168 Å². The molecular formula is C65H126N10O12S. The van der Waals surface area contributed by atoms with E-state index in [0.29, 0.717) is 83.8 Å². The lowest BCUT2D eigenvalue weighted by Gasteiger charge is -2.27. The van der Waals surface area contributed by atoms with Crippen LogP contribution in [0.5, 0.6) is 0 Å². The lowest BCUT2D eigenvalue weighted by atomic mass is 10.0. The Morgan fingerprint density at radius 2 is 0.693 bits per heavy atom. The Morgan fingerprint density at radius 1 is 0.386 bits per heavy atom. The number of carbonyl (C=O) groups excluding carboxylic acids is 7. The van der Waals surface area contributed by atoms with Crippen LogP contribution in [0.4, 0.5) is 0 Å². The highest BCUT2D eigenvalue weighted by molar-refractivity contribution is 7.99. The van der Waals surface area contributed by atoms with Crippen LogP contribution in [0.25, 0.3) is 0 Å². The number of hydrogen-bond acceptors (Lipinski definition) is 17. The molecule has 1 unspecified atom stereocenters. The average molecular weight is 1270 g/mol. The molecule has 22 nitrogen and oxygen atoms in total. The van der Waals surface area contributed by atoms with Crippen molar-refractivity contribution in [2.24, 2.45) is 28.7 Å². The van der Waals surface area contributed by atoms with Crippen LogP contribution in [0.15, 0.2) is 0 Å². The fraction of sp³-hybridized carbons (Fsp3) is 0.877. The van der Waals surface area contributed by atoms with Crippen molar-refractivity contribution >= 4 is 59.2 Å². The first-order valence-electron chi connectivity index (χ1n) is 34.5. The van der Waals surface area contributed by atoms with E-state index >= 15 is 0 Å². The van der Waals surface area contributed by atoms with Gasteiger partial charge in [0.05, 0.1) is 12.6 Å². The van der Waals surface area contributed by atoms with Gasteiger partial charge in [-0.3, -0.25) is 33.6 Å². The van der Waals surface area contributed by atoms with E-state index in [2.05, 4.69) is 40.4 Å². The largest absolute Gasteiger partial charge is 0.480 e. The maximum Gasteiger partial charge on any atom is 0.326 e. The molecule has 0 saturated heterocycles. The van der Waals surface area contributed by atoms with Gasteiger partial charge in [0, 0.05) is 24.3 Å². The number of carboxylic acids is 1. The number of unbranched alkanes of at least 4 members (excludes halogenated alkanes) is 28. The molecule has 0 rings (SSSR count). The van der Waals surface area contributed by atoms with Crippen molar-refractivity contribution in [2.75, 3.05) is 50.9 Å². The van der Waals surface area contributed by atoms with Gasteiger partial charge in [0.2, 0.25) is 29.5 Å². The minimum atomic E-state index is -1.54. The van der Waals surface area contributed by atoms with Gasteiger partial charge in [-0.25, -0.2) is 4.79 Å². The Hall–Kier alpha value is -4.13. The zero-order valence-electron chi connectivity index (χ0n) is 54.8. The number of rotatable bonds is 63. The van der Waals surface area contributed by atoms with Gasteiger partial charge < -0.3 is 74.9 Å². The molecule has 514 valence electrons. The topological polar surface area (TPSA) is 386 Å². The highest BCUT2D eigenvalue weighted by Gasteiger charge is 2.33. The molecule has 88 heavy (non-hydrogen) atoms. The molecule has 0 aliphatic carbocycles. The third-order valence-electron chi connectivity index (χ3n) is 15.8. The number of carbonyl (C=O) groups is 8. The van der Waals surface area contributed by atoms with Crippen LogP contribution in [0.1, 0.15) is 271 Å². The van der Waals surface area contributed by atoms with Gasteiger partial charge in [-0.05, 0) is 116 Å². The normalized spacial score (nSPS) is 13.7. The molecule has 7 atom stereocenters. The SMILES string of the molecule is CCCCCCCCCCCCCCCC(=O)OCC(CSC[C@@H](N)C(=O)N[C@@H](CO)C(=O)N[C@@H](CCCCN)C(=O)N[C@@H](CCCCN)C(=O)N[C@@H](CCCCN)C(=O)N[C@H](CCCCN)C(=O)O)OC(=O)CCCCCCCCCCCCCCC. The summed E-state index contributed by atoms with van der Waals surface area (Å²) in [5.41, 5.74) is 29.1. The molecular weight excluding hydrogens is 1140 g/mol. The number of nitrogens with two attached hydrogens (primary N) is 5. The summed E-state index contributed by atoms with van der Waals surface area (Å²) in [6.45, 7) is 4.72. The van der Waals surface area contributed by atoms with E-state index in [9.17, 15) is 48.6 Å². The zero-order chi connectivity index (χ0) is 65.3.